The Labute approximate surface area is 273 Å². The van der Waals surface area contributed by atoms with Gasteiger partial charge >= 0.3 is 11.9 Å². The van der Waals surface area contributed by atoms with E-state index in [-0.39, 0.29) is 28.3 Å². The monoisotopic (exact) mass is 652 g/mol. The highest BCUT2D eigenvalue weighted by molar-refractivity contribution is 7.07. The third-order valence-electron chi connectivity index (χ3n) is 7.67. The van der Waals surface area contributed by atoms with Gasteiger partial charge < -0.3 is 14.3 Å². The van der Waals surface area contributed by atoms with Crippen molar-refractivity contribution in [2.24, 2.45) is 4.99 Å². The van der Waals surface area contributed by atoms with Crippen LogP contribution in [0.15, 0.2) is 105 Å². The van der Waals surface area contributed by atoms with Gasteiger partial charge in [-0.3, -0.25) is 9.36 Å². The second-order valence-electron chi connectivity index (χ2n) is 11.0. The van der Waals surface area contributed by atoms with Crippen LogP contribution in [-0.4, -0.2) is 28.2 Å². The number of furan rings is 1. The molecule has 0 amide bonds. The molecule has 46 heavy (non-hydrogen) atoms. The van der Waals surface area contributed by atoms with E-state index in [0.717, 1.165) is 16.7 Å². The minimum atomic E-state index is -1.15. The first-order chi connectivity index (χ1) is 22.2. The minimum Gasteiger partial charge on any atom is -0.478 e. The van der Waals surface area contributed by atoms with Crippen LogP contribution in [0.25, 0.3) is 23.1 Å². The zero-order valence-electron chi connectivity index (χ0n) is 25.2. The summed E-state index contributed by atoms with van der Waals surface area (Å²) in [5.41, 5.74) is 3.48. The van der Waals surface area contributed by atoms with Gasteiger partial charge in [0.15, 0.2) is 4.80 Å². The fourth-order valence-corrected chi connectivity index (χ4v) is 6.56. The summed E-state index contributed by atoms with van der Waals surface area (Å²) in [6.45, 7) is 6.11. The number of carboxylic acid groups (broad SMARTS) is 1. The van der Waals surface area contributed by atoms with Gasteiger partial charge in [0, 0.05) is 17.2 Å². The molecular formula is C36H29ClN2O6S. The summed E-state index contributed by atoms with van der Waals surface area (Å²) in [5.74, 6) is -0.588. The highest BCUT2D eigenvalue weighted by Crippen LogP contribution is 2.36. The maximum absolute atomic E-state index is 14.2. The number of rotatable bonds is 8. The van der Waals surface area contributed by atoms with Gasteiger partial charge in [0.05, 0.1) is 39.0 Å². The molecule has 0 saturated heterocycles. The van der Waals surface area contributed by atoms with Crippen molar-refractivity contribution >= 4 is 46.6 Å². The number of aromatic carboxylic acids is 1. The third-order valence-corrected chi connectivity index (χ3v) is 8.99. The fraction of sp³-hybridized carbons (Fsp3) is 0.167. The molecule has 1 N–H and O–H groups in total. The Morgan fingerprint density at radius 3 is 2.46 bits per heavy atom. The third kappa shape index (κ3) is 5.87. The topological polar surface area (TPSA) is 111 Å². The number of thiazole rings is 1. The molecule has 10 heteroatoms. The van der Waals surface area contributed by atoms with E-state index >= 15 is 0 Å². The molecule has 0 saturated carbocycles. The van der Waals surface area contributed by atoms with E-state index in [4.69, 9.17) is 25.7 Å². The lowest BCUT2D eigenvalue weighted by Crippen LogP contribution is -2.40. The summed E-state index contributed by atoms with van der Waals surface area (Å²) < 4.78 is 13.5. The van der Waals surface area contributed by atoms with E-state index in [9.17, 15) is 19.5 Å². The van der Waals surface area contributed by atoms with Crippen molar-refractivity contribution in [1.82, 2.24) is 4.57 Å². The lowest BCUT2D eigenvalue weighted by atomic mass is 9.91. The number of esters is 1. The normalized spacial score (nSPS) is 14.7. The van der Waals surface area contributed by atoms with Crippen LogP contribution < -0.4 is 14.9 Å². The molecule has 0 fully saturated rings. The highest BCUT2D eigenvalue weighted by Gasteiger charge is 2.35. The van der Waals surface area contributed by atoms with Crippen molar-refractivity contribution in [3.05, 3.63) is 143 Å². The van der Waals surface area contributed by atoms with Gasteiger partial charge in [0.25, 0.3) is 5.56 Å². The summed E-state index contributed by atoms with van der Waals surface area (Å²) in [7, 11) is 0. The zero-order chi connectivity index (χ0) is 32.5. The number of carbonyl (C=O) groups excluding carboxylic acids is 1. The molecule has 1 aliphatic heterocycles. The van der Waals surface area contributed by atoms with Gasteiger partial charge in [-0.1, -0.05) is 91.4 Å². The number of benzene rings is 3. The van der Waals surface area contributed by atoms with Crippen LogP contribution in [0.2, 0.25) is 5.02 Å². The predicted octanol–water partition coefficient (Wildman–Crippen LogP) is 6.67. The number of fused-ring (bicyclic) bond motifs is 1. The van der Waals surface area contributed by atoms with Crippen molar-refractivity contribution in [3.8, 4) is 11.3 Å². The van der Waals surface area contributed by atoms with E-state index in [2.05, 4.69) is 13.8 Å². The van der Waals surface area contributed by atoms with Crippen LogP contribution in [0.1, 0.15) is 65.5 Å². The molecule has 0 aliphatic carbocycles. The van der Waals surface area contributed by atoms with Crippen LogP contribution in [0.5, 0.6) is 0 Å². The molecule has 0 spiro atoms. The van der Waals surface area contributed by atoms with Gasteiger partial charge in [-0.2, -0.15) is 0 Å². The lowest BCUT2D eigenvalue weighted by Gasteiger charge is -2.26. The first-order valence-electron chi connectivity index (χ1n) is 14.7. The molecule has 1 aliphatic rings. The Balaban J connectivity index is 1.53. The van der Waals surface area contributed by atoms with E-state index in [1.165, 1.54) is 23.5 Å². The number of hydrogen-bond donors (Lipinski definition) is 1. The van der Waals surface area contributed by atoms with Crippen LogP contribution >= 0.6 is 22.9 Å². The number of ether oxygens (including phenoxy) is 1. The van der Waals surface area contributed by atoms with Crippen LogP contribution in [0.4, 0.5) is 0 Å². The van der Waals surface area contributed by atoms with Gasteiger partial charge in [-0.15, -0.1) is 0 Å². The molecule has 2 aromatic heterocycles. The molecule has 8 nitrogen and oxygen atoms in total. The smallest absolute Gasteiger partial charge is 0.338 e. The lowest BCUT2D eigenvalue weighted by molar-refractivity contribution is -0.138. The Hall–Kier alpha value is -4.99. The van der Waals surface area contributed by atoms with Gasteiger partial charge in [0.2, 0.25) is 0 Å². The Morgan fingerprint density at radius 2 is 1.78 bits per heavy atom. The summed E-state index contributed by atoms with van der Waals surface area (Å²) >= 11 is 7.23. The second-order valence-corrected chi connectivity index (χ2v) is 12.4. The molecule has 0 bridgehead atoms. The van der Waals surface area contributed by atoms with E-state index in [1.807, 2.05) is 54.6 Å². The largest absolute Gasteiger partial charge is 0.478 e. The van der Waals surface area contributed by atoms with Crippen LogP contribution in [0, 0.1) is 0 Å². The summed E-state index contributed by atoms with van der Waals surface area (Å²) in [4.78, 5) is 44.7. The second kappa shape index (κ2) is 12.8. The molecule has 5 aromatic rings. The average Bonchev–Trinajstić information content (AvgIpc) is 3.64. The standard InChI is InChI=1S/C36H29ClN2O6S/c1-4-44-35(43)30-31(22-8-6-5-7-9-22)38-36-39(32(30)23-12-10-21(11-13-23)20(2)3)33(40)29(46-36)19-25-15-17-28(45-25)24-14-16-27(37)26(18-24)34(41)42/h5-20,32H,4H2,1-3H3,(H,41,42)/b29-19-/t32-/m1/s1. The first kappa shape index (κ1) is 31.0. The first-order valence-corrected chi connectivity index (χ1v) is 15.9. The van der Waals surface area contributed by atoms with E-state index < -0.39 is 18.0 Å². The Bertz CT molecular complexity index is 2180. The minimum absolute atomic E-state index is 0.0431. The van der Waals surface area contributed by atoms with Gasteiger partial charge in [-0.25, -0.2) is 14.6 Å². The Morgan fingerprint density at radius 1 is 1.04 bits per heavy atom. The Kier molecular flexibility index (Phi) is 8.62. The fourth-order valence-electron chi connectivity index (χ4n) is 5.38. The summed E-state index contributed by atoms with van der Waals surface area (Å²) in [6, 6.07) is 24.5. The average molecular weight is 653 g/mol. The molecule has 0 radical (unpaired) electrons. The molecular weight excluding hydrogens is 624 g/mol. The molecule has 0 unspecified atom stereocenters. The van der Waals surface area contributed by atoms with Crippen LogP contribution in [0.3, 0.4) is 0 Å². The molecule has 3 aromatic carbocycles. The molecule has 1 atom stereocenters. The van der Waals surface area contributed by atoms with Gasteiger partial charge in [-0.05, 0) is 54.3 Å². The quantitative estimate of drug-likeness (QED) is 0.188. The highest BCUT2D eigenvalue weighted by atomic mass is 35.5. The number of carboxylic acids is 1. The van der Waals surface area contributed by atoms with Crippen molar-refractivity contribution < 1.29 is 23.8 Å². The van der Waals surface area contributed by atoms with Crippen molar-refractivity contribution in [2.75, 3.05) is 6.61 Å². The van der Waals surface area contributed by atoms with Crippen molar-refractivity contribution in [2.45, 2.75) is 32.7 Å². The number of carbonyl (C=O) groups is 2. The molecule has 232 valence electrons. The van der Waals surface area contributed by atoms with Crippen molar-refractivity contribution in [3.63, 3.8) is 0 Å². The van der Waals surface area contributed by atoms with Crippen molar-refractivity contribution in [1.29, 1.82) is 0 Å². The molecule has 3 heterocycles. The number of aromatic nitrogens is 1. The summed E-state index contributed by atoms with van der Waals surface area (Å²) in [6.07, 6.45) is 1.62. The number of hydrogen-bond acceptors (Lipinski definition) is 7. The predicted molar refractivity (Wildman–Crippen MR) is 178 cm³/mol. The number of halogens is 1. The maximum Gasteiger partial charge on any atom is 0.338 e. The SMILES string of the molecule is CCOC(=O)C1=C(c2ccccc2)N=c2s/c(=C\c3ccc(-c4ccc(Cl)c(C(=O)O)c4)o3)c(=O)n2[C@@H]1c1ccc(C(C)C)cc1. The molecule has 6 rings (SSSR count). The number of nitrogens with zero attached hydrogens (tertiary/aromatic N) is 2. The summed E-state index contributed by atoms with van der Waals surface area (Å²) in [5, 5.41) is 9.59. The van der Waals surface area contributed by atoms with E-state index in [1.54, 1.807) is 35.8 Å². The van der Waals surface area contributed by atoms with Crippen LogP contribution in [-0.2, 0) is 9.53 Å². The van der Waals surface area contributed by atoms with E-state index in [0.29, 0.717) is 38.0 Å². The maximum atomic E-state index is 14.2. The van der Waals surface area contributed by atoms with Gasteiger partial charge in [0.1, 0.15) is 11.5 Å². The zero-order valence-corrected chi connectivity index (χ0v) is 26.8.